The number of sulfonamides is 1. The number of Topliss-reactive ketones (excluding diaryl/α,β-unsaturated/α-hetero) is 1. The highest BCUT2D eigenvalue weighted by molar-refractivity contribution is 7.99. The highest BCUT2D eigenvalue weighted by Gasteiger charge is 2.26. The number of rotatable bonds is 9. The van der Waals surface area contributed by atoms with Gasteiger partial charge in [0.15, 0.2) is 5.16 Å². The summed E-state index contributed by atoms with van der Waals surface area (Å²) in [6.07, 6.45) is 2.13. The van der Waals surface area contributed by atoms with Gasteiger partial charge in [0.25, 0.3) is 0 Å². The van der Waals surface area contributed by atoms with Gasteiger partial charge in [-0.3, -0.25) is 4.79 Å². The predicted molar refractivity (Wildman–Crippen MR) is 124 cm³/mol. The molecule has 2 aromatic rings. The first-order valence-corrected chi connectivity index (χ1v) is 13.3. The maximum Gasteiger partial charge on any atom is 0.243 e. The lowest BCUT2D eigenvalue weighted by atomic mass is 9.92. The average molecular weight is 468 g/mol. The second kappa shape index (κ2) is 9.60. The lowest BCUT2D eigenvalue weighted by Gasteiger charge is -2.18. The highest BCUT2D eigenvalue weighted by Crippen LogP contribution is 2.30. The van der Waals surface area contributed by atoms with E-state index in [1.165, 1.54) is 16.1 Å². The molecule has 1 aromatic heterocycles. The number of carbonyl (C=O) groups excluding carboxylic acids is 1. The van der Waals surface area contributed by atoms with E-state index in [-0.39, 0.29) is 16.8 Å². The quantitative estimate of drug-likeness (QED) is 0.520. The molecule has 1 aliphatic heterocycles. The molecule has 1 aliphatic rings. The SMILES string of the molecule is CCN(CC)S(=O)(=O)c1ccc2c(c1)nc(SCC(=O)C(C)(C)C)n2CC1CCCO1. The van der Waals surface area contributed by atoms with Crippen LogP contribution in [0.2, 0.25) is 0 Å². The molecule has 2 heterocycles. The average Bonchev–Trinajstić information content (AvgIpc) is 3.34. The molecule has 0 aliphatic carbocycles. The van der Waals surface area contributed by atoms with Crippen molar-refractivity contribution in [3.63, 3.8) is 0 Å². The van der Waals surface area contributed by atoms with Crippen LogP contribution in [0.25, 0.3) is 11.0 Å². The third-order valence-electron chi connectivity index (χ3n) is 5.61. The number of fused-ring (bicyclic) bond motifs is 1. The van der Waals surface area contributed by atoms with Crippen molar-refractivity contribution >= 4 is 38.6 Å². The Morgan fingerprint density at radius 1 is 1.29 bits per heavy atom. The molecule has 0 amide bonds. The lowest BCUT2D eigenvalue weighted by Crippen LogP contribution is -2.30. The Labute approximate surface area is 189 Å². The van der Waals surface area contributed by atoms with E-state index >= 15 is 0 Å². The molecule has 31 heavy (non-hydrogen) atoms. The zero-order valence-corrected chi connectivity index (χ0v) is 20.7. The number of benzene rings is 1. The van der Waals surface area contributed by atoms with Gasteiger partial charge in [-0.15, -0.1) is 0 Å². The number of carbonyl (C=O) groups is 1. The Morgan fingerprint density at radius 2 is 2.00 bits per heavy atom. The molecule has 0 spiro atoms. The van der Waals surface area contributed by atoms with Crippen molar-refractivity contribution in [1.82, 2.24) is 13.9 Å². The fraction of sp³-hybridized carbons (Fsp3) is 0.636. The van der Waals surface area contributed by atoms with E-state index in [9.17, 15) is 13.2 Å². The molecule has 0 bridgehead atoms. The zero-order valence-electron chi connectivity index (χ0n) is 19.1. The van der Waals surface area contributed by atoms with E-state index in [0.717, 1.165) is 30.1 Å². The molecule has 1 unspecified atom stereocenters. The third-order valence-corrected chi connectivity index (χ3v) is 8.63. The Hall–Kier alpha value is -1.42. The first kappa shape index (κ1) is 24.2. The van der Waals surface area contributed by atoms with Crippen molar-refractivity contribution in [3.8, 4) is 0 Å². The van der Waals surface area contributed by atoms with Gasteiger partial charge in [0.2, 0.25) is 10.0 Å². The summed E-state index contributed by atoms with van der Waals surface area (Å²) < 4.78 is 35.2. The van der Waals surface area contributed by atoms with Gasteiger partial charge in [0.1, 0.15) is 5.78 Å². The molecular weight excluding hydrogens is 434 g/mol. The minimum Gasteiger partial charge on any atom is -0.376 e. The summed E-state index contributed by atoms with van der Waals surface area (Å²) in [5.41, 5.74) is 1.07. The van der Waals surface area contributed by atoms with Crippen LogP contribution in [0.5, 0.6) is 0 Å². The van der Waals surface area contributed by atoms with Gasteiger partial charge in [0, 0.05) is 25.1 Å². The van der Waals surface area contributed by atoms with Crippen LogP contribution < -0.4 is 0 Å². The maximum absolute atomic E-state index is 13.0. The summed E-state index contributed by atoms with van der Waals surface area (Å²) in [5, 5.41) is 0.723. The molecule has 172 valence electrons. The van der Waals surface area contributed by atoms with E-state index in [4.69, 9.17) is 9.72 Å². The largest absolute Gasteiger partial charge is 0.376 e. The molecule has 1 atom stereocenters. The summed E-state index contributed by atoms with van der Waals surface area (Å²) in [4.78, 5) is 17.4. The Balaban J connectivity index is 1.99. The van der Waals surface area contributed by atoms with Crippen molar-refractivity contribution < 1.29 is 17.9 Å². The van der Waals surface area contributed by atoms with Gasteiger partial charge in [-0.1, -0.05) is 46.4 Å². The molecule has 9 heteroatoms. The smallest absolute Gasteiger partial charge is 0.243 e. The number of thioether (sulfide) groups is 1. The van der Waals surface area contributed by atoms with E-state index in [1.54, 1.807) is 12.1 Å². The van der Waals surface area contributed by atoms with E-state index in [0.29, 0.717) is 30.9 Å². The topological polar surface area (TPSA) is 81.5 Å². The van der Waals surface area contributed by atoms with Crippen molar-refractivity contribution in [2.24, 2.45) is 5.41 Å². The van der Waals surface area contributed by atoms with E-state index in [1.807, 2.05) is 40.7 Å². The number of aromatic nitrogens is 2. The number of imidazole rings is 1. The maximum atomic E-state index is 13.0. The van der Waals surface area contributed by atoms with Crippen LogP contribution in [-0.2, 0) is 26.1 Å². The van der Waals surface area contributed by atoms with E-state index < -0.39 is 15.4 Å². The van der Waals surface area contributed by atoms with Gasteiger partial charge in [0.05, 0.1) is 34.3 Å². The molecule has 7 nitrogen and oxygen atoms in total. The van der Waals surface area contributed by atoms with Crippen LogP contribution in [0.4, 0.5) is 0 Å². The molecular formula is C22H33N3O4S2. The summed E-state index contributed by atoms with van der Waals surface area (Å²) in [5.74, 6) is 0.473. The number of hydrogen-bond acceptors (Lipinski definition) is 6. The molecule has 0 radical (unpaired) electrons. The van der Waals surface area contributed by atoms with E-state index in [2.05, 4.69) is 4.57 Å². The van der Waals surface area contributed by atoms with Crippen LogP contribution in [0.3, 0.4) is 0 Å². The molecule has 0 N–H and O–H groups in total. The highest BCUT2D eigenvalue weighted by atomic mass is 32.2. The fourth-order valence-electron chi connectivity index (χ4n) is 3.59. The van der Waals surface area contributed by atoms with Gasteiger partial charge in [-0.05, 0) is 31.0 Å². The number of ether oxygens (including phenoxy) is 1. The lowest BCUT2D eigenvalue weighted by molar-refractivity contribution is -0.123. The Kier molecular flexibility index (Phi) is 7.50. The van der Waals surface area contributed by atoms with Crippen LogP contribution in [-0.4, -0.2) is 59.6 Å². The second-order valence-electron chi connectivity index (χ2n) is 8.84. The molecule has 3 rings (SSSR count). The summed E-state index contributed by atoms with van der Waals surface area (Å²) in [6, 6.07) is 5.12. The first-order chi connectivity index (χ1) is 14.6. The monoisotopic (exact) mass is 467 g/mol. The Morgan fingerprint density at radius 3 is 2.58 bits per heavy atom. The predicted octanol–water partition coefficient (Wildman–Crippen LogP) is 3.95. The van der Waals surface area contributed by atoms with Crippen molar-refractivity contribution in [3.05, 3.63) is 18.2 Å². The van der Waals surface area contributed by atoms with Crippen LogP contribution in [0.15, 0.2) is 28.3 Å². The Bertz CT molecular complexity index is 1030. The van der Waals surface area contributed by atoms with Crippen molar-refractivity contribution in [2.45, 2.75) is 70.2 Å². The van der Waals surface area contributed by atoms with Crippen LogP contribution in [0.1, 0.15) is 47.5 Å². The summed E-state index contributed by atoms with van der Waals surface area (Å²) >= 11 is 1.41. The molecule has 0 saturated carbocycles. The number of nitrogens with zero attached hydrogens (tertiary/aromatic N) is 3. The summed E-state index contributed by atoms with van der Waals surface area (Å²) in [7, 11) is -3.57. The molecule has 1 saturated heterocycles. The third kappa shape index (κ3) is 5.32. The fourth-order valence-corrected chi connectivity index (χ4v) is 6.25. The van der Waals surface area contributed by atoms with Crippen LogP contribution >= 0.6 is 11.8 Å². The standard InChI is InChI=1S/C22H33N3O4S2/c1-6-24(7-2)31(27,28)17-10-11-19-18(13-17)23-21(30-15-20(26)22(3,4)5)25(19)14-16-9-8-12-29-16/h10-11,13,16H,6-9,12,14-15H2,1-5H3. The number of ketones is 1. The normalized spacial score (nSPS) is 17.7. The first-order valence-electron chi connectivity index (χ1n) is 10.9. The molecule has 1 aromatic carbocycles. The van der Waals surface area contributed by atoms with Gasteiger partial charge in [-0.2, -0.15) is 4.31 Å². The van der Waals surface area contributed by atoms with Crippen molar-refractivity contribution in [2.75, 3.05) is 25.4 Å². The van der Waals surface area contributed by atoms with Gasteiger partial charge < -0.3 is 9.30 Å². The molecule has 1 fully saturated rings. The van der Waals surface area contributed by atoms with Crippen LogP contribution in [0, 0.1) is 5.41 Å². The van der Waals surface area contributed by atoms with Gasteiger partial charge in [-0.25, -0.2) is 13.4 Å². The second-order valence-corrected chi connectivity index (χ2v) is 11.7. The minimum atomic E-state index is -3.57. The zero-order chi connectivity index (χ0) is 22.8. The van der Waals surface area contributed by atoms with Gasteiger partial charge >= 0.3 is 0 Å². The minimum absolute atomic E-state index is 0.106. The number of hydrogen-bond donors (Lipinski definition) is 0. The summed E-state index contributed by atoms with van der Waals surface area (Å²) in [6.45, 7) is 11.6. The van der Waals surface area contributed by atoms with Crippen molar-refractivity contribution in [1.29, 1.82) is 0 Å².